The maximum Gasteiger partial charge on any atom is 0.251 e. The zero-order chi connectivity index (χ0) is 12.8. The molecule has 0 aliphatic carbocycles. The lowest BCUT2D eigenvalue weighted by atomic mass is 10.2. The zero-order valence-electron chi connectivity index (χ0n) is 9.76. The van der Waals surface area contributed by atoms with Gasteiger partial charge in [0, 0.05) is 30.9 Å². The minimum Gasteiger partial charge on any atom is -0.352 e. The highest BCUT2D eigenvalue weighted by Crippen LogP contribution is 2.10. The minimum atomic E-state index is -0.152. The average molecular weight is 240 g/mol. The lowest BCUT2D eigenvalue weighted by molar-refractivity contribution is 0.0953. The maximum absolute atomic E-state index is 11.8. The van der Waals surface area contributed by atoms with Crippen LogP contribution in [0.1, 0.15) is 23.2 Å². The normalized spacial score (nSPS) is 9.94. The molecule has 1 N–H and O–H groups in total. The third-order valence-corrected chi connectivity index (χ3v) is 2.48. The third kappa shape index (κ3) is 2.80. The number of hydrogen-bond donors (Lipinski definition) is 1. The van der Waals surface area contributed by atoms with Crippen LogP contribution in [0.25, 0.3) is 11.0 Å². The molecule has 0 fully saturated rings. The van der Waals surface area contributed by atoms with Gasteiger partial charge >= 0.3 is 0 Å². The fraction of sp³-hybridized carbons (Fsp3) is 0.231. The number of hydrogen-bond acceptors (Lipinski definition) is 4. The summed E-state index contributed by atoms with van der Waals surface area (Å²) in [6, 6.07) is 7.24. The Bertz CT molecular complexity index is 603. The van der Waals surface area contributed by atoms with Crippen LogP contribution in [-0.2, 0) is 0 Å². The monoisotopic (exact) mass is 240 g/mol. The molecule has 5 nitrogen and oxygen atoms in total. The van der Waals surface area contributed by atoms with Crippen molar-refractivity contribution in [2.24, 2.45) is 0 Å². The minimum absolute atomic E-state index is 0.152. The Morgan fingerprint density at radius 3 is 2.83 bits per heavy atom. The van der Waals surface area contributed by atoms with Crippen LogP contribution >= 0.6 is 0 Å². The van der Waals surface area contributed by atoms with Crippen LogP contribution < -0.4 is 5.32 Å². The summed E-state index contributed by atoms with van der Waals surface area (Å²) in [7, 11) is 0. The second kappa shape index (κ2) is 5.73. The lowest BCUT2D eigenvalue weighted by Gasteiger charge is -2.04. The molecule has 0 aliphatic rings. The van der Waals surface area contributed by atoms with E-state index >= 15 is 0 Å². The third-order valence-electron chi connectivity index (χ3n) is 2.48. The van der Waals surface area contributed by atoms with E-state index in [9.17, 15) is 4.79 Å². The number of fused-ring (bicyclic) bond motifs is 1. The molecule has 0 radical (unpaired) electrons. The smallest absolute Gasteiger partial charge is 0.251 e. The van der Waals surface area contributed by atoms with Crippen molar-refractivity contribution in [2.75, 3.05) is 6.54 Å². The van der Waals surface area contributed by atoms with Gasteiger partial charge in [0.15, 0.2) is 0 Å². The molecule has 18 heavy (non-hydrogen) atoms. The van der Waals surface area contributed by atoms with E-state index in [0.29, 0.717) is 30.5 Å². The van der Waals surface area contributed by atoms with Crippen molar-refractivity contribution in [3.8, 4) is 6.07 Å². The molecule has 2 aromatic rings. The number of rotatable bonds is 4. The quantitative estimate of drug-likeness (QED) is 0.824. The van der Waals surface area contributed by atoms with E-state index < -0.39 is 0 Å². The predicted octanol–water partition coefficient (Wildman–Crippen LogP) is 1.66. The highest BCUT2D eigenvalue weighted by atomic mass is 16.1. The van der Waals surface area contributed by atoms with Crippen molar-refractivity contribution >= 4 is 16.9 Å². The first-order valence-corrected chi connectivity index (χ1v) is 5.67. The topological polar surface area (TPSA) is 78.7 Å². The van der Waals surface area contributed by atoms with Crippen molar-refractivity contribution < 1.29 is 4.79 Å². The maximum atomic E-state index is 11.8. The highest BCUT2D eigenvalue weighted by molar-refractivity contribution is 5.97. The van der Waals surface area contributed by atoms with Gasteiger partial charge in [-0.15, -0.1) is 0 Å². The number of carbonyl (C=O) groups excluding carboxylic acids is 1. The molecule has 0 saturated heterocycles. The van der Waals surface area contributed by atoms with Crippen LogP contribution in [0, 0.1) is 11.3 Å². The van der Waals surface area contributed by atoms with Crippen molar-refractivity contribution in [3.05, 3.63) is 36.2 Å². The van der Waals surface area contributed by atoms with E-state index in [1.807, 2.05) is 6.07 Å². The summed E-state index contributed by atoms with van der Waals surface area (Å²) >= 11 is 0. The second-order valence-corrected chi connectivity index (χ2v) is 3.78. The SMILES string of the molecule is N#CCCCNC(=O)c1ccc2nccnc2c1. The van der Waals surface area contributed by atoms with E-state index in [4.69, 9.17) is 5.26 Å². The molecular weight excluding hydrogens is 228 g/mol. The molecule has 5 heteroatoms. The Hall–Kier alpha value is -2.48. The average Bonchev–Trinajstić information content (AvgIpc) is 2.43. The summed E-state index contributed by atoms with van der Waals surface area (Å²) in [4.78, 5) is 20.1. The number of nitrogens with one attached hydrogen (secondary N) is 1. The van der Waals surface area contributed by atoms with Crippen LogP contribution in [0.3, 0.4) is 0 Å². The fourth-order valence-electron chi connectivity index (χ4n) is 1.58. The van der Waals surface area contributed by atoms with E-state index in [1.54, 1.807) is 30.6 Å². The van der Waals surface area contributed by atoms with E-state index in [0.717, 1.165) is 5.52 Å². The Labute approximate surface area is 104 Å². The van der Waals surface area contributed by atoms with Gasteiger partial charge in [-0.25, -0.2) is 0 Å². The van der Waals surface area contributed by atoms with E-state index in [1.165, 1.54) is 0 Å². The van der Waals surface area contributed by atoms with Gasteiger partial charge in [-0.2, -0.15) is 5.26 Å². The fourth-order valence-corrected chi connectivity index (χ4v) is 1.58. The molecule has 1 aromatic heterocycles. The predicted molar refractivity (Wildman–Crippen MR) is 66.7 cm³/mol. The second-order valence-electron chi connectivity index (χ2n) is 3.78. The number of carbonyl (C=O) groups is 1. The van der Waals surface area contributed by atoms with Gasteiger partial charge in [-0.1, -0.05) is 0 Å². The number of benzene rings is 1. The molecule has 0 atom stereocenters. The summed E-state index contributed by atoms with van der Waals surface area (Å²) in [6.07, 6.45) is 4.32. The van der Waals surface area contributed by atoms with Crippen molar-refractivity contribution in [1.29, 1.82) is 5.26 Å². The lowest BCUT2D eigenvalue weighted by Crippen LogP contribution is -2.24. The van der Waals surface area contributed by atoms with Crippen LogP contribution in [0.15, 0.2) is 30.6 Å². The van der Waals surface area contributed by atoms with Crippen LogP contribution in [-0.4, -0.2) is 22.4 Å². The van der Waals surface area contributed by atoms with E-state index in [2.05, 4.69) is 15.3 Å². The van der Waals surface area contributed by atoms with Crippen LogP contribution in [0.4, 0.5) is 0 Å². The Balaban J connectivity index is 2.06. The van der Waals surface area contributed by atoms with Crippen LogP contribution in [0.5, 0.6) is 0 Å². The van der Waals surface area contributed by atoms with Crippen molar-refractivity contribution in [2.45, 2.75) is 12.8 Å². The molecule has 2 rings (SSSR count). The van der Waals surface area contributed by atoms with Gasteiger partial charge in [0.2, 0.25) is 0 Å². The van der Waals surface area contributed by atoms with Crippen molar-refractivity contribution in [1.82, 2.24) is 15.3 Å². The first-order chi connectivity index (χ1) is 8.81. The number of aromatic nitrogens is 2. The summed E-state index contributed by atoms with van der Waals surface area (Å²) in [5, 5.41) is 11.1. The molecule has 1 aromatic carbocycles. The summed E-state index contributed by atoms with van der Waals surface area (Å²) in [5.74, 6) is -0.152. The highest BCUT2D eigenvalue weighted by Gasteiger charge is 2.06. The Morgan fingerprint density at radius 1 is 1.28 bits per heavy atom. The Kier molecular flexibility index (Phi) is 3.82. The zero-order valence-corrected chi connectivity index (χ0v) is 9.76. The largest absolute Gasteiger partial charge is 0.352 e. The molecule has 1 heterocycles. The number of nitrogens with zero attached hydrogens (tertiary/aromatic N) is 3. The van der Waals surface area contributed by atoms with Crippen molar-refractivity contribution in [3.63, 3.8) is 0 Å². The molecule has 1 amide bonds. The molecule has 90 valence electrons. The van der Waals surface area contributed by atoms with Gasteiger partial charge in [0.05, 0.1) is 17.1 Å². The summed E-state index contributed by atoms with van der Waals surface area (Å²) in [5.41, 5.74) is 2.01. The molecule has 0 unspecified atom stereocenters. The first kappa shape index (κ1) is 12.0. The molecular formula is C13H12N4O. The van der Waals surface area contributed by atoms with Gasteiger partial charge in [-0.05, 0) is 24.6 Å². The number of amides is 1. The van der Waals surface area contributed by atoms with E-state index in [-0.39, 0.29) is 5.91 Å². The molecule has 0 bridgehead atoms. The van der Waals surface area contributed by atoms with Gasteiger partial charge in [-0.3, -0.25) is 14.8 Å². The number of unbranched alkanes of at least 4 members (excludes halogenated alkanes) is 1. The molecule has 0 spiro atoms. The Morgan fingerprint density at radius 2 is 2.06 bits per heavy atom. The molecule has 0 aliphatic heterocycles. The summed E-state index contributed by atoms with van der Waals surface area (Å²) < 4.78 is 0. The standard InChI is InChI=1S/C13H12N4O/c14-5-1-2-6-17-13(18)10-3-4-11-12(9-10)16-8-7-15-11/h3-4,7-9H,1-2,6H2,(H,17,18). The first-order valence-electron chi connectivity index (χ1n) is 5.67. The van der Waals surface area contributed by atoms with Gasteiger partial charge < -0.3 is 5.32 Å². The summed E-state index contributed by atoms with van der Waals surface area (Å²) in [6.45, 7) is 0.505. The van der Waals surface area contributed by atoms with Crippen LogP contribution in [0.2, 0.25) is 0 Å². The van der Waals surface area contributed by atoms with Gasteiger partial charge in [0.25, 0.3) is 5.91 Å². The van der Waals surface area contributed by atoms with Gasteiger partial charge in [0.1, 0.15) is 0 Å². The molecule has 0 saturated carbocycles. The number of nitriles is 1.